The van der Waals surface area contributed by atoms with Crippen molar-refractivity contribution in [1.29, 1.82) is 0 Å². The van der Waals surface area contributed by atoms with E-state index in [0.29, 0.717) is 10.6 Å². The van der Waals surface area contributed by atoms with Gasteiger partial charge in [-0.05, 0) is 0 Å². The van der Waals surface area contributed by atoms with E-state index >= 15 is 0 Å². The van der Waals surface area contributed by atoms with Crippen LogP contribution in [0.2, 0.25) is 5.02 Å². The number of fused-ring (bicyclic) bond motifs is 1. The Morgan fingerprint density at radius 3 is 2.80 bits per heavy atom. The highest BCUT2D eigenvalue weighted by Gasteiger charge is 2.29. The molecule has 2 aliphatic rings. The average molecular weight is 381 g/mol. The third kappa shape index (κ3) is 2.93. The molecule has 0 atom stereocenters. The largest absolute Gasteiger partial charge is 0.332 e. The minimum atomic E-state index is -3.07. The normalized spacial score (nSPS) is 18.4. The Bertz CT molecular complexity index is 985. The molecule has 1 amide bonds. The van der Waals surface area contributed by atoms with Gasteiger partial charge in [0.25, 0.3) is 0 Å². The van der Waals surface area contributed by atoms with Gasteiger partial charge in [-0.2, -0.15) is 4.98 Å². The van der Waals surface area contributed by atoms with Gasteiger partial charge < -0.3 is 9.42 Å². The number of halogens is 1. The van der Waals surface area contributed by atoms with Gasteiger partial charge in [0.15, 0.2) is 9.84 Å². The summed E-state index contributed by atoms with van der Waals surface area (Å²) in [6.07, 6.45) is 6.13. The first kappa shape index (κ1) is 16.2. The molecule has 130 valence electrons. The quantitative estimate of drug-likeness (QED) is 0.771. The monoisotopic (exact) mass is 380 g/mol. The second-order valence-corrected chi connectivity index (χ2v) is 8.50. The standard InChI is InChI=1S/C15H13ClN4O4S/c16-12-9-2-1-3-11(9)17-8-10(12)13-18-14(24-19-13)15(21)20-4-6-25(22,23)7-5-20/h1-2,8H,3-7H2. The van der Waals surface area contributed by atoms with Crippen LogP contribution in [0.4, 0.5) is 0 Å². The Morgan fingerprint density at radius 1 is 1.28 bits per heavy atom. The number of rotatable bonds is 2. The van der Waals surface area contributed by atoms with Crippen LogP contribution in [0.3, 0.4) is 0 Å². The van der Waals surface area contributed by atoms with Crippen LogP contribution in [-0.2, 0) is 16.3 Å². The molecule has 25 heavy (non-hydrogen) atoms. The fourth-order valence-corrected chi connectivity index (χ4v) is 4.29. The molecule has 0 saturated carbocycles. The van der Waals surface area contributed by atoms with Crippen molar-refractivity contribution in [3.8, 4) is 11.4 Å². The van der Waals surface area contributed by atoms with E-state index in [2.05, 4.69) is 15.1 Å². The molecule has 4 rings (SSSR count). The van der Waals surface area contributed by atoms with Crippen LogP contribution in [0.15, 0.2) is 16.8 Å². The molecule has 0 unspecified atom stereocenters. The summed E-state index contributed by atoms with van der Waals surface area (Å²) < 4.78 is 28.0. The highest BCUT2D eigenvalue weighted by atomic mass is 35.5. The lowest BCUT2D eigenvalue weighted by molar-refractivity contribution is 0.0720. The van der Waals surface area contributed by atoms with Crippen molar-refractivity contribution in [2.24, 2.45) is 0 Å². The maximum Gasteiger partial charge on any atom is 0.316 e. The van der Waals surface area contributed by atoms with Gasteiger partial charge in [-0.1, -0.05) is 28.9 Å². The predicted octanol–water partition coefficient (Wildman–Crippen LogP) is 1.22. The number of sulfone groups is 1. The number of amides is 1. The lowest BCUT2D eigenvalue weighted by Gasteiger charge is -2.24. The van der Waals surface area contributed by atoms with Crippen molar-refractivity contribution < 1.29 is 17.7 Å². The number of nitrogens with zero attached hydrogens (tertiary/aromatic N) is 4. The zero-order chi connectivity index (χ0) is 17.6. The van der Waals surface area contributed by atoms with Crippen LogP contribution in [0, 0.1) is 0 Å². The van der Waals surface area contributed by atoms with Crippen molar-refractivity contribution >= 4 is 33.4 Å². The van der Waals surface area contributed by atoms with Gasteiger partial charge in [0.2, 0.25) is 5.82 Å². The zero-order valence-corrected chi connectivity index (χ0v) is 14.5. The smallest absolute Gasteiger partial charge is 0.316 e. The molecule has 0 radical (unpaired) electrons. The molecule has 0 bridgehead atoms. The van der Waals surface area contributed by atoms with E-state index < -0.39 is 15.7 Å². The third-order valence-corrected chi connectivity index (χ3v) is 6.23. The summed E-state index contributed by atoms with van der Waals surface area (Å²) in [7, 11) is -3.07. The molecule has 1 aliphatic carbocycles. The van der Waals surface area contributed by atoms with Crippen LogP contribution in [0.1, 0.15) is 21.9 Å². The van der Waals surface area contributed by atoms with Crippen molar-refractivity contribution in [3.05, 3.63) is 34.4 Å². The Labute approximate surface area is 148 Å². The number of aromatic nitrogens is 3. The number of carbonyl (C=O) groups is 1. The lowest BCUT2D eigenvalue weighted by atomic mass is 10.1. The molecule has 3 heterocycles. The maximum atomic E-state index is 12.4. The van der Waals surface area contributed by atoms with Gasteiger partial charge in [-0.3, -0.25) is 9.78 Å². The topological polar surface area (TPSA) is 106 Å². The SMILES string of the molecule is O=C(c1nc(-c2cnc3c(c2Cl)C=CC3)no1)N1CCS(=O)(=O)CC1. The summed E-state index contributed by atoms with van der Waals surface area (Å²) in [6.45, 7) is 0.232. The Kier molecular flexibility index (Phi) is 3.84. The van der Waals surface area contributed by atoms with E-state index in [4.69, 9.17) is 16.1 Å². The molecular formula is C15H13ClN4O4S. The Balaban J connectivity index is 1.59. The van der Waals surface area contributed by atoms with E-state index in [1.54, 1.807) is 6.20 Å². The van der Waals surface area contributed by atoms with Crippen molar-refractivity contribution in [3.63, 3.8) is 0 Å². The first-order valence-electron chi connectivity index (χ1n) is 7.62. The molecule has 0 spiro atoms. The summed E-state index contributed by atoms with van der Waals surface area (Å²) in [5.74, 6) is -0.631. The van der Waals surface area contributed by atoms with Crippen molar-refractivity contribution in [2.75, 3.05) is 24.6 Å². The number of hydrogen-bond donors (Lipinski definition) is 0. The molecule has 0 aromatic carbocycles. The highest BCUT2D eigenvalue weighted by Crippen LogP contribution is 2.33. The molecule has 8 nitrogen and oxygen atoms in total. The van der Waals surface area contributed by atoms with Gasteiger partial charge in [-0.15, -0.1) is 0 Å². The minimum Gasteiger partial charge on any atom is -0.332 e. The number of pyridine rings is 1. The van der Waals surface area contributed by atoms with Crippen LogP contribution < -0.4 is 0 Å². The zero-order valence-electron chi connectivity index (χ0n) is 13.0. The molecule has 2 aromatic heterocycles. The lowest BCUT2D eigenvalue weighted by Crippen LogP contribution is -2.43. The Hall–Kier alpha value is -2.26. The van der Waals surface area contributed by atoms with Crippen molar-refractivity contribution in [2.45, 2.75) is 6.42 Å². The third-order valence-electron chi connectivity index (χ3n) is 4.21. The van der Waals surface area contributed by atoms with Gasteiger partial charge in [0.1, 0.15) is 0 Å². The van der Waals surface area contributed by atoms with Crippen molar-refractivity contribution in [1.82, 2.24) is 20.0 Å². The molecule has 1 fully saturated rings. The number of carbonyl (C=O) groups excluding carboxylic acids is 1. The second kappa shape index (κ2) is 5.92. The minimum absolute atomic E-state index is 0.0629. The molecule has 2 aromatic rings. The van der Waals surface area contributed by atoms with Crippen LogP contribution in [0.25, 0.3) is 17.5 Å². The highest BCUT2D eigenvalue weighted by molar-refractivity contribution is 7.91. The van der Waals surface area contributed by atoms with Gasteiger partial charge in [-0.25, -0.2) is 8.42 Å². The van der Waals surface area contributed by atoms with Gasteiger partial charge in [0.05, 0.1) is 27.8 Å². The first-order chi connectivity index (χ1) is 11.9. The molecular weight excluding hydrogens is 368 g/mol. The van der Waals surface area contributed by atoms with E-state index in [9.17, 15) is 13.2 Å². The number of hydrogen-bond acceptors (Lipinski definition) is 7. The van der Waals surface area contributed by atoms with Gasteiger partial charge >= 0.3 is 11.8 Å². The van der Waals surface area contributed by atoms with Crippen LogP contribution in [0.5, 0.6) is 0 Å². The van der Waals surface area contributed by atoms with Crippen LogP contribution >= 0.6 is 11.6 Å². The Morgan fingerprint density at radius 2 is 2.04 bits per heavy atom. The van der Waals surface area contributed by atoms with Crippen LogP contribution in [-0.4, -0.2) is 58.9 Å². The predicted molar refractivity (Wildman–Crippen MR) is 89.8 cm³/mol. The summed E-state index contributed by atoms with van der Waals surface area (Å²) in [6, 6.07) is 0. The molecule has 0 N–H and O–H groups in total. The van der Waals surface area contributed by atoms with Gasteiger partial charge in [0, 0.05) is 31.3 Å². The molecule has 10 heteroatoms. The summed E-state index contributed by atoms with van der Waals surface area (Å²) in [5.41, 5.74) is 2.18. The van der Waals surface area contributed by atoms with E-state index in [0.717, 1.165) is 17.7 Å². The average Bonchev–Trinajstić information content (AvgIpc) is 3.24. The summed E-state index contributed by atoms with van der Waals surface area (Å²) in [5, 5.41) is 4.28. The summed E-state index contributed by atoms with van der Waals surface area (Å²) in [4.78, 5) is 22.2. The summed E-state index contributed by atoms with van der Waals surface area (Å²) >= 11 is 6.38. The molecule has 1 aliphatic heterocycles. The van der Waals surface area contributed by atoms with E-state index in [1.165, 1.54) is 4.90 Å². The fraction of sp³-hybridized carbons (Fsp3) is 0.333. The molecule has 1 saturated heterocycles. The maximum absolute atomic E-state index is 12.4. The van der Waals surface area contributed by atoms with E-state index in [-0.39, 0.29) is 36.3 Å². The van der Waals surface area contributed by atoms with E-state index in [1.807, 2.05) is 12.2 Å². The number of allylic oxidation sites excluding steroid dienone is 1. The second-order valence-electron chi connectivity index (χ2n) is 5.82. The first-order valence-corrected chi connectivity index (χ1v) is 9.82. The fourth-order valence-electron chi connectivity index (χ4n) is 2.79.